The van der Waals surface area contributed by atoms with Crippen LogP contribution in [0.2, 0.25) is 0 Å². The van der Waals surface area contributed by atoms with E-state index in [4.69, 9.17) is 19.8 Å². The normalized spacial score (nSPS) is 7.89. The number of carboxylic acid groups (broad SMARTS) is 2. The van der Waals surface area contributed by atoms with Gasteiger partial charge in [0.25, 0.3) is 0 Å². The van der Waals surface area contributed by atoms with Crippen LogP contribution in [0.4, 0.5) is 0 Å². The molecule has 19 heavy (non-hydrogen) atoms. The first-order chi connectivity index (χ1) is 8.40. The van der Waals surface area contributed by atoms with E-state index >= 15 is 0 Å². The number of allylic oxidation sites excluding steroid dienone is 1. The largest absolute Gasteiger partial charge is 2.00 e. The Labute approximate surface area is 124 Å². The quantitative estimate of drug-likeness (QED) is 0.413. The predicted octanol–water partition coefficient (Wildman–Crippen LogP) is -0.591. The standard InChI is InChI=1S/C9H8O.2C2H4O2.Zn/c10-8-4-7-9-5-2-1-3-6-9;2*1-2(3)4;/h1-8H;2*1H3,(H,3,4);/q;;;+2/p-2. The molecule has 0 saturated carbocycles. The maximum atomic E-state index is 9.89. The molecule has 1 aromatic rings. The van der Waals surface area contributed by atoms with E-state index in [0.29, 0.717) is 0 Å². The van der Waals surface area contributed by atoms with Gasteiger partial charge in [0.15, 0.2) is 0 Å². The molecule has 1 rings (SSSR count). The van der Waals surface area contributed by atoms with Crippen molar-refractivity contribution in [2.45, 2.75) is 13.8 Å². The summed E-state index contributed by atoms with van der Waals surface area (Å²) in [5.74, 6) is -2.17. The first kappa shape index (κ1) is 22.4. The SMILES string of the molecule is CC(=O)[O-].CC(=O)[O-].O=CC=Cc1ccccc1.[Zn+2]. The molecule has 5 nitrogen and oxygen atoms in total. The van der Waals surface area contributed by atoms with Crippen molar-refractivity contribution < 1.29 is 44.1 Å². The molecule has 0 aromatic heterocycles. The molecule has 0 atom stereocenters. The van der Waals surface area contributed by atoms with Crippen molar-refractivity contribution in [1.82, 2.24) is 0 Å². The number of hydrogen-bond acceptors (Lipinski definition) is 5. The Bertz CT molecular complexity index is 367. The van der Waals surface area contributed by atoms with Gasteiger partial charge in [-0.1, -0.05) is 36.4 Å². The molecule has 0 amide bonds. The van der Waals surface area contributed by atoms with E-state index in [1.807, 2.05) is 30.3 Å². The molecule has 0 aliphatic carbocycles. The molecular formula is C13H14O5Zn. The molecule has 6 heteroatoms. The van der Waals surface area contributed by atoms with E-state index in [1.165, 1.54) is 6.08 Å². The number of carbonyl (C=O) groups is 3. The van der Waals surface area contributed by atoms with Crippen molar-refractivity contribution in [1.29, 1.82) is 0 Å². The average Bonchev–Trinajstić information content (AvgIpc) is 2.26. The second-order valence-electron chi connectivity index (χ2n) is 2.89. The molecule has 0 unspecified atom stereocenters. The molecule has 0 aliphatic rings. The van der Waals surface area contributed by atoms with Gasteiger partial charge >= 0.3 is 19.5 Å². The third-order valence-electron chi connectivity index (χ3n) is 1.17. The second-order valence-corrected chi connectivity index (χ2v) is 2.89. The molecule has 0 fully saturated rings. The van der Waals surface area contributed by atoms with E-state index in [0.717, 1.165) is 25.7 Å². The third-order valence-corrected chi connectivity index (χ3v) is 1.17. The summed E-state index contributed by atoms with van der Waals surface area (Å²) >= 11 is 0. The van der Waals surface area contributed by atoms with Crippen LogP contribution in [0.3, 0.4) is 0 Å². The van der Waals surface area contributed by atoms with Crippen LogP contribution in [-0.2, 0) is 33.9 Å². The summed E-state index contributed by atoms with van der Waals surface area (Å²) in [7, 11) is 0. The summed E-state index contributed by atoms with van der Waals surface area (Å²) < 4.78 is 0. The van der Waals surface area contributed by atoms with Gasteiger partial charge in [-0.2, -0.15) is 0 Å². The number of aliphatic carboxylic acids is 2. The van der Waals surface area contributed by atoms with E-state index in [-0.39, 0.29) is 19.5 Å². The minimum Gasteiger partial charge on any atom is -0.550 e. The summed E-state index contributed by atoms with van der Waals surface area (Å²) in [5.41, 5.74) is 1.05. The molecule has 0 saturated heterocycles. The van der Waals surface area contributed by atoms with Gasteiger partial charge in [-0.05, 0) is 25.5 Å². The van der Waals surface area contributed by atoms with Crippen molar-refractivity contribution in [3.8, 4) is 0 Å². The fourth-order valence-electron chi connectivity index (χ4n) is 0.715. The van der Waals surface area contributed by atoms with Gasteiger partial charge in [0.2, 0.25) is 0 Å². The van der Waals surface area contributed by atoms with Crippen LogP contribution in [0.15, 0.2) is 36.4 Å². The van der Waals surface area contributed by atoms with Crippen LogP contribution in [0, 0.1) is 0 Å². The Morgan fingerprint density at radius 3 is 1.68 bits per heavy atom. The number of benzene rings is 1. The Kier molecular flexibility index (Phi) is 19.1. The van der Waals surface area contributed by atoms with Gasteiger partial charge in [-0.25, -0.2) is 0 Å². The van der Waals surface area contributed by atoms with Crippen LogP contribution in [0.1, 0.15) is 19.4 Å². The summed E-state index contributed by atoms with van der Waals surface area (Å²) in [6.07, 6.45) is 4.02. The minimum absolute atomic E-state index is 0. The monoisotopic (exact) mass is 314 g/mol. The predicted molar refractivity (Wildman–Crippen MR) is 62.9 cm³/mol. The molecule has 0 heterocycles. The van der Waals surface area contributed by atoms with Crippen molar-refractivity contribution >= 4 is 24.3 Å². The molecule has 0 N–H and O–H groups in total. The smallest absolute Gasteiger partial charge is 0.550 e. The summed E-state index contributed by atoms with van der Waals surface area (Å²) in [6.45, 7) is 1.94. The number of rotatable bonds is 2. The molecule has 1 aromatic carbocycles. The van der Waals surface area contributed by atoms with Crippen molar-refractivity contribution in [2.75, 3.05) is 0 Å². The first-order valence-corrected chi connectivity index (χ1v) is 4.92. The van der Waals surface area contributed by atoms with Crippen LogP contribution in [0.25, 0.3) is 6.08 Å². The van der Waals surface area contributed by atoms with Crippen LogP contribution >= 0.6 is 0 Å². The van der Waals surface area contributed by atoms with Gasteiger partial charge in [-0.15, -0.1) is 0 Å². The summed E-state index contributed by atoms with van der Waals surface area (Å²) in [5, 5.41) is 17.8. The van der Waals surface area contributed by atoms with E-state index in [9.17, 15) is 4.79 Å². The fourth-order valence-corrected chi connectivity index (χ4v) is 0.715. The number of aldehydes is 1. The number of hydrogen-bond donors (Lipinski definition) is 0. The third kappa shape index (κ3) is 31.4. The van der Waals surface area contributed by atoms with E-state index in [2.05, 4.69) is 0 Å². The number of carbonyl (C=O) groups excluding carboxylic acids is 3. The zero-order valence-electron chi connectivity index (χ0n) is 10.9. The van der Waals surface area contributed by atoms with Crippen LogP contribution < -0.4 is 10.2 Å². The minimum atomic E-state index is -1.08. The van der Waals surface area contributed by atoms with Crippen LogP contribution in [0.5, 0.6) is 0 Å². The fraction of sp³-hybridized carbons (Fsp3) is 0.154. The van der Waals surface area contributed by atoms with Crippen molar-refractivity contribution in [3.05, 3.63) is 42.0 Å². The molecule has 98 valence electrons. The Morgan fingerprint density at radius 2 is 1.37 bits per heavy atom. The molecule has 0 radical (unpaired) electrons. The first-order valence-electron chi connectivity index (χ1n) is 4.92. The average molecular weight is 316 g/mol. The zero-order valence-corrected chi connectivity index (χ0v) is 13.8. The Balaban J connectivity index is -0.000000242. The maximum absolute atomic E-state index is 9.89. The van der Waals surface area contributed by atoms with Crippen LogP contribution in [-0.4, -0.2) is 18.2 Å². The maximum Gasteiger partial charge on any atom is 2.00 e. The van der Waals surface area contributed by atoms with Gasteiger partial charge in [0.05, 0.1) is 0 Å². The Morgan fingerprint density at radius 1 is 1.00 bits per heavy atom. The molecule has 0 aliphatic heterocycles. The molecule has 0 spiro atoms. The second kappa shape index (κ2) is 16.2. The summed E-state index contributed by atoms with van der Waals surface area (Å²) in [6, 6.07) is 9.70. The molecular weight excluding hydrogens is 302 g/mol. The topological polar surface area (TPSA) is 97.3 Å². The van der Waals surface area contributed by atoms with Gasteiger partial charge in [-0.3, -0.25) is 4.79 Å². The van der Waals surface area contributed by atoms with E-state index < -0.39 is 11.9 Å². The van der Waals surface area contributed by atoms with Crippen molar-refractivity contribution in [2.24, 2.45) is 0 Å². The van der Waals surface area contributed by atoms with Crippen molar-refractivity contribution in [3.63, 3.8) is 0 Å². The zero-order chi connectivity index (χ0) is 14.4. The van der Waals surface area contributed by atoms with Gasteiger partial charge < -0.3 is 19.8 Å². The summed E-state index contributed by atoms with van der Waals surface area (Å²) in [4.78, 5) is 27.7. The van der Waals surface area contributed by atoms with E-state index in [1.54, 1.807) is 6.08 Å². The Hall–Kier alpha value is -1.81. The molecule has 0 bridgehead atoms. The van der Waals surface area contributed by atoms with Gasteiger partial charge in [0.1, 0.15) is 6.29 Å². The number of carboxylic acids is 2. The van der Waals surface area contributed by atoms with Gasteiger partial charge in [0, 0.05) is 11.9 Å².